The van der Waals surface area contributed by atoms with Crippen LogP contribution < -0.4 is 11.1 Å². The molecule has 6 nitrogen and oxygen atoms in total. The van der Waals surface area contributed by atoms with Crippen LogP contribution in [-0.2, 0) is 4.79 Å². The molecule has 1 aromatic heterocycles. The first-order valence-electron chi connectivity index (χ1n) is 5.71. The van der Waals surface area contributed by atoms with Gasteiger partial charge in [-0.3, -0.25) is 9.59 Å². The Morgan fingerprint density at radius 1 is 1.56 bits per heavy atom. The molecule has 1 aromatic rings. The third-order valence-corrected chi connectivity index (χ3v) is 3.29. The Kier molecular flexibility index (Phi) is 5.73. The number of aromatic nitrogens is 1. The normalized spacial score (nSPS) is 12.1. The number of aliphatic carboxylic acids is 1. The van der Waals surface area contributed by atoms with Gasteiger partial charge >= 0.3 is 5.97 Å². The fourth-order valence-corrected chi connectivity index (χ4v) is 2.05. The summed E-state index contributed by atoms with van der Waals surface area (Å²) in [7, 11) is 0. The second-order valence-electron chi connectivity index (χ2n) is 3.97. The summed E-state index contributed by atoms with van der Waals surface area (Å²) < 4.78 is 0. The maximum Gasteiger partial charge on any atom is 0.303 e. The number of rotatable bonds is 7. The van der Waals surface area contributed by atoms with Crippen LogP contribution in [0.25, 0.3) is 0 Å². The molecule has 0 spiro atoms. The molecular weight excluding hydrogens is 254 g/mol. The van der Waals surface area contributed by atoms with E-state index in [1.165, 1.54) is 11.3 Å². The van der Waals surface area contributed by atoms with Gasteiger partial charge in [0.25, 0.3) is 5.91 Å². The molecule has 1 atom stereocenters. The predicted molar refractivity (Wildman–Crippen MR) is 68.5 cm³/mol. The molecule has 100 valence electrons. The first-order chi connectivity index (χ1) is 8.50. The lowest BCUT2D eigenvalue weighted by Gasteiger charge is -2.02. The maximum atomic E-state index is 11.7. The van der Waals surface area contributed by atoms with E-state index in [1.54, 1.807) is 5.38 Å². The number of nitrogens with two attached hydrogens (primary N) is 1. The van der Waals surface area contributed by atoms with Crippen LogP contribution in [-0.4, -0.2) is 28.5 Å². The van der Waals surface area contributed by atoms with Gasteiger partial charge in [-0.1, -0.05) is 0 Å². The summed E-state index contributed by atoms with van der Waals surface area (Å²) >= 11 is 1.36. The first kappa shape index (κ1) is 14.6. The monoisotopic (exact) mass is 271 g/mol. The van der Waals surface area contributed by atoms with E-state index in [0.29, 0.717) is 25.1 Å². The average Bonchev–Trinajstić information content (AvgIpc) is 2.77. The van der Waals surface area contributed by atoms with Gasteiger partial charge in [-0.25, -0.2) is 4.98 Å². The molecule has 0 aliphatic carbocycles. The molecule has 0 aliphatic heterocycles. The predicted octanol–water partition coefficient (Wildman–Crippen LogP) is 1.15. The lowest BCUT2D eigenvalue weighted by atomic mass is 10.2. The number of nitrogens with one attached hydrogen (secondary N) is 1. The Bertz CT molecular complexity index is 417. The Labute approximate surface area is 109 Å². The topological polar surface area (TPSA) is 105 Å². The number of carbonyl (C=O) groups is 2. The summed E-state index contributed by atoms with van der Waals surface area (Å²) in [5, 5.41) is 13.5. The molecule has 1 heterocycles. The number of unbranched alkanes of at least 4 members (excludes halogenated alkanes) is 1. The Balaban J connectivity index is 2.29. The van der Waals surface area contributed by atoms with Gasteiger partial charge in [0.1, 0.15) is 10.7 Å². The number of hydrogen-bond donors (Lipinski definition) is 3. The molecule has 0 aromatic carbocycles. The molecule has 4 N–H and O–H groups in total. The number of carboxylic acids is 1. The summed E-state index contributed by atoms with van der Waals surface area (Å²) in [5.74, 6) is -1.06. The zero-order valence-corrected chi connectivity index (χ0v) is 11.0. The molecule has 0 saturated carbocycles. The summed E-state index contributed by atoms with van der Waals surface area (Å²) in [6.07, 6.45) is 1.32. The summed E-state index contributed by atoms with van der Waals surface area (Å²) in [4.78, 5) is 26.1. The van der Waals surface area contributed by atoms with Crippen LogP contribution >= 0.6 is 11.3 Å². The van der Waals surface area contributed by atoms with Gasteiger partial charge in [0.2, 0.25) is 0 Å². The Morgan fingerprint density at radius 3 is 2.83 bits per heavy atom. The molecule has 1 unspecified atom stereocenters. The number of nitrogens with zero attached hydrogens (tertiary/aromatic N) is 1. The van der Waals surface area contributed by atoms with E-state index in [-0.39, 0.29) is 18.4 Å². The third-order valence-electron chi connectivity index (χ3n) is 2.25. The van der Waals surface area contributed by atoms with Crippen LogP contribution in [0.15, 0.2) is 5.38 Å². The molecule has 1 amide bonds. The van der Waals surface area contributed by atoms with Crippen LogP contribution in [0.2, 0.25) is 0 Å². The molecule has 18 heavy (non-hydrogen) atoms. The molecule has 1 rings (SSSR count). The second-order valence-corrected chi connectivity index (χ2v) is 4.86. The highest BCUT2D eigenvalue weighted by Gasteiger charge is 2.11. The fourth-order valence-electron chi connectivity index (χ4n) is 1.29. The average molecular weight is 271 g/mol. The Hall–Kier alpha value is -1.47. The molecular formula is C11H17N3O3S. The van der Waals surface area contributed by atoms with Crippen LogP contribution in [0.5, 0.6) is 0 Å². The quantitative estimate of drug-likeness (QED) is 0.645. The molecule has 0 bridgehead atoms. The summed E-state index contributed by atoms with van der Waals surface area (Å²) in [6, 6.07) is -0.174. The van der Waals surface area contributed by atoms with Gasteiger partial charge in [0.15, 0.2) is 0 Å². The van der Waals surface area contributed by atoms with Gasteiger partial charge in [0.05, 0.1) is 6.04 Å². The lowest BCUT2D eigenvalue weighted by molar-refractivity contribution is -0.137. The minimum atomic E-state index is -0.817. The van der Waals surface area contributed by atoms with Crippen molar-refractivity contribution in [1.29, 1.82) is 0 Å². The molecule has 0 fully saturated rings. The highest BCUT2D eigenvalue weighted by Crippen LogP contribution is 2.15. The zero-order chi connectivity index (χ0) is 13.5. The zero-order valence-electron chi connectivity index (χ0n) is 10.2. The summed E-state index contributed by atoms with van der Waals surface area (Å²) in [6.45, 7) is 2.27. The van der Waals surface area contributed by atoms with Gasteiger partial charge in [-0.2, -0.15) is 0 Å². The van der Waals surface area contributed by atoms with E-state index in [2.05, 4.69) is 10.3 Å². The highest BCUT2D eigenvalue weighted by atomic mass is 32.1. The number of amides is 1. The van der Waals surface area contributed by atoms with Crippen molar-refractivity contribution in [2.75, 3.05) is 6.54 Å². The van der Waals surface area contributed by atoms with Gasteiger partial charge in [0, 0.05) is 18.3 Å². The third kappa shape index (κ3) is 4.80. The minimum Gasteiger partial charge on any atom is -0.481 e. The van der Waals surface area contributed by atoms with Gasteiger partial charge in [-0.15, -0.1) is 11.3 Å². The van der Waals surface area contributed by atoms with Crippen LogP contribution in [0, 0.1) is 0 Å². The highest BCUT2D eigenvalue weighted by molar-refractivity contribution is 7.09. The van der Waals surface area contributed by atoms with Gasteiger partial charge < -0.3 is 16.2 Å². The van der Waals surface area contributed by atoms with Crippen molar-refractivity contribution in [3.63, 3.8) is 0 Å². The van der Waals surface area contributed by atoms with Crippen molar-refractivity contribution in [3.8, 4) is 0 Å². The minimum absolute atomic E-state index is 0.126. The van der Waals surface area contributed by atoms with E-state index in [0.717, 1.165) is 5.01 Å². The van der Waals surface area contributed by atoms with E-state index < -0.39 is 5.97 Å². The van der Waals surface area contributed by atoms with E-state index >= 15 is 0 Å². The van der Waals surface area contributed by atoms with Crippen molar-refractivity contribution in [3.05, 3.63) is 16.1 Å². The van der Waals surface area contributed by atoms with Crippen molar-refractivity contribution in [2.45, 2.75) is 32.2 Å². The molecule has 0 radical (unpaired) electrons. The van der Waals surface area contributed by atoms with Crippen LogP contribution in [0.4, 0.5) is 0 Å². The van der Waals surface area contributed by atoms with E-state index in [1.807, 2.05) is 6.92 Å². The lowest BCUT2D eigenvalue weighted by Crippen LogP contribution is -2.25. The number of carbonyl (C=O) groups excluding carboxylic acids is 1. The fraction of sp³-hybridized carbons (Fsp3) is 0.545. The van der Waals surface area contributed by atoms with E-state index in [4.69, 9.17) is 10.8 Å². The van der Waals surface area contributed by atoms with E-state index in [9.17, 15) is 9.59 Å². The second kappa shape index (κ2) is 7.07. The molecule has 0 aliphatic rings. The van der Waals surface area contributed by atoms with Crippen molar-refractivity contribution in [1.82, 2.24) is 10.3 Å². The molecule has 7 heteroatoms. The molecule has 0 saturated heterocycles. The Morgan fingerprint density at radius 2 is 2.28 bits per heavy atom. The smallest absolute Gasteiger partial charge is 0.303 e. The SMILES string of the molecule is CC(N)c1nc(C(=O)NCCCCC(=O)O)cs1. The van der Waals surface area contributed by atoms with Crippen molar-refractivity contribution in [2.24, 2.45) is 5.73 Å². The largest absolute Gasteiger partial charge is 0.481 e. The van der Waals surface area contributed by atoms with Crippen LogP contribution in [0.3, 0.4) is 0 Å². The number of carboxylic acid groups (broad SMARTS) is 1. The summed E-state index contributed by atoms with van der Waals surface area (Å²) in [5.41, 5.74) is 6.02. The number of thiazole rings is 1. The van der Waals surface area contributed by atoms with Crippen molar-refractivity contribution < 1.29 is 14.7 Å². The maximum absolute atomic E-state index is 11.7. The number of hydrogen-bond acceptors (Lipinski definition) is 5. The standard InChI is InChI=1S/C11H17N3O3S/c1-7(12)11-14-8(6-18-11)10(17)13-5-3-2-4-9(15)16/h6-7H,2-5,12H2,1H3,(H,13,17)(H,15,16). The van der Waals surface area contributed by atoms with Gasteiger partial charge in [-0.05, 0) is 19.8 Å². The first-order valence-corrected chi connectivity index (χ1v) is 6.59. The van der Waals surface area contributed by atoms with Crippen LogP contribution in [0.1, 0.15) is 47.7 Å². The van der Waals surface area contributed by atoms with Crippen molar-refractivity contribution >= 4 is 23.2 Å².